The van der Waals surface area contributed by atoms with Crippen molar-refractivity contribution in [2.75, 3.05) is 12.4 Å². The summed E-state index contributed by atoms with van der Waals surface area (Å²) in [6, 6.07) is 19.3. The van der Waals surface area contributed by atoms with Crippen LogP contribution in [-0.4, -0.2) is 27.2 Å². The largest absolute Gasteiger partial charge is 0.497 e. The van der Waals surface area contributed by atoms with Gasteiger partial charge in [0.05, 0.1) is 12.8 Å². The van der Waals surface area contributed by atoms with Gasteiger partial charge < -0.3 is 10.1 Å². The van der Waals surface area contributed by atoms with Gasteiger partial charge in [0.15, 0.2) is 5.65 Å². The number of hydrogen-bond acceptors (Lipinski definition) is 4. The van der Waals surface area contributed by atoms with Gasteiger partial charge >= 0.3 is 0 Å². The molecular weight excluding hydrogens is 356 g/mol. The molecule has 0 aliphatic heterocycles. The maximum atomic E-state index is 13.0. The normalized spacial score (nSPS) is 10.8. The Kier molecular flexibility index (Phi) is 4.41. The summed E-state index contributed by atoms with van der Waals surface area (Å²) in [6.07, 6.45) is 0. The highest BCUT2D eigenvalue weighted by Crippen LogP contribution is 2.19. The number of nitrogens with zero attached hydrogens (tertiary/aromatic N) is 3. The van der Waals surface area contributed by atoms with E-state index in [0.717, 1.165) is 0 Å². The van der Waals surface area contributed by atoms with E-state index in [9.17, 15) is 9.59 Å². The lowest BCUT2D eigenvalue weighted by Gasteiger charge is -2.11. The molecule has 0 aliphatic carbocycles. The van der Waals surface area contributed by atoms with Crippen LogP contribution in [0.2, 0.25) is 0 Å². The van der Waals surface area contributed by atoms with E-state index in [1.165, 1.54) is 10.6 Å². The van der Waals surface area contributed by atoms with Crippen LogP contribution in [0.25, 0.3) is 11.3 Å². The fourth-order valence-electron chi connectivity index (χ4n) is 3.05. The predicted molar refractivity (Wildman–Crippen MR) is 106 cm³/mol. The molecule has 2 aromatic carbocycles. The van der Waals surface area contributed by atoms with E-state index in [2.05, 4.69) is 10.3 Å². The molecule has 28 heavy (non-hydrogen) atoms. The highest BCUT2D eigenvalue weighted by atomic mass is 16.5. The number of amides is 1. The molecule has 7 nitrogen and oxygen atoms in total. The third-order valence-electron chi connectivity index (χ3n) is 4.32. The lowest BCUT2D eigenvalue weighted by atomic mass is 10.2. The van der Waals surface area contributed by atoms with Gasteiger partial charge in [-0.3, -0.25) is 9.59 Å². The zero-order valence-corrected chi connectivity index (χ0v) is 15.4. The van der Waals surface area contributed by atoms with Crippen LogP contribution >= 0.6 is 0 Å². The third kappa shape index (κ3) is 3.14. The van der Waals surface area contributed by atoms with Gasteiger partial charge in [-0.05, 0) is 43.3 Å². The molecule has 2 aromatic heterocycles. The number of anilines is 1. The van der Waals surface area contributed by atoms with Gasteiger partial charge in [-0.25, -0.2) is 9.67 Å². The minimum absolute atomic E-state index is 0.255. The first-order valence-corrected chi connectivity index (χ1v) is 8.70. The Balaban J connectivity index is 1.84. The molecule has 2 heterocycles. The SMILES string of the molecule is COc1ccc(NC(=O)c2cc3nc(C)cc(=O)n3n2-c2ccccc2)cc1. The summed E-state index contributed by atoms with van der Waals surface area (Å²) in [4.78, 5) is 30.0. The van der Waals surface area contributed by atoms with Crippen LogP contribution in [-0.2, 0) is 0 Å². The summed E-state index contributed by atoms with van der Waals surface area (Å²) in [5, 5.41) is 2.86. The van der Waals surface area contributed by atoms with Crippen molar-refractivity contribution >= 4 is 17.2 Å². The monoisotopic (exact) mass is 374 g/mol. The van der Waals surface area contributed by atoms with Gasteiger partial charge in [0.1, 0.15) is 11.4 Å². The summed E-state index contributed by atoms with van der Waals surface area (Å²) < 4.78 is 8.10. The van der Waals surface area contributed by atoms with Gasteiger partial charge in [-0.2, -0.15) is 4.52 Å². The Morgan fingerprint density at radius 2 is 1.75 bits per heavy atom. The van der Waals surface area contributed by atoms with Crippen LogP contribution in [0.3, 0.4) is 0 Å². The predicted octanol–water partition coefficient (Wildman–Crippen LogP) is 3.05. The van der Waals surface area contributed by atoms with E-state index in [1.807, 2.05) is 30.3 Å². The Labute approximate surface area is 160 Å². The maximum Gasteiger partial charge on any atom is 0.274 e. The molecule has 0 spiro atoms. The number of aryl methyl sites for hydroxylation is 1. The van der Waals surface area contributed by atoms with E-state index < -0.39 is 0 Å². The number of ether oxygens (including phenoxy) is 1. The smallest absolute Gasteiger partial charge is 0.274 e. The van der Waals surface area contributed by atoms with E-state index in [0.29, 0.717) is 34.2 Å². The average Bonchev–Trinajstić information content (AvgIpc) is 3.09. The standard InChI is InChI=1S/C21H18N4O3/c1-14-12-20(26)25-19(22-14)13-18(24(25)16-6-4-3-5-7-16)21(27)23-15-8-10-17(28-2)11-9-15/h3-13H,1-2H3,(H,23,27). The molecule has 0 atom stereocenters. The lowest BCUT2D eigenvalue weighted by molar-refractivity contribution is 0.101. The first-order valence-electron chi connectivity index (χ1n) is 8.70. The molecule has 140 valence electrons. The molecule has 0 aliphatic rings. The van der Waals surface area contributed by atoms with E-state index in [4.69, 9.17) is 4.74 Å². The van der Waals surface area contributed by atoms with Crippen LogP contribution in [0, 0.1) is 6.92 Å². The van der Waals surface area contributed by atoms with Gasteiger partial charge in [-0.15, -0.1) is 0 Å². The van der Waals surface area contributed by atoms with Crippen molar-refractivity contribution in [3.05, 3.63) is 88.5 Å². The number of fused-ring (bicyclic) bond motifs is 1. The molecule has 0 saturated carbocycles. The van der Waals surface area contributed by atoms with Crippen molar-refractivity contribution in [2.24, 2.45) is 0 Å². The molecule has 0 fully saturated rings. The fourth-order valence-corrected chi connectivity index (χ4v) is 3.05. The molecule has 7 heteroatoms. The summed E-state index contributed by atoms with van der Waals surface area (Å²) >= 11 is 0. The number of nitrogens with one attached hydrogen (secondary N) is 1. The molecular formula is C21H18N4O3. The number of hydrogen-bond donors (Lipinski definition) is 1. The molecule has 4 aromatic rings. The van der Waals surface area contributed by atoms with E-state index in [-0.39, 0.29) is 11.5 Å². The number of aromatic nitrogens is 3. The second kappa shape index (κ2) is 7.03. The summed E-state index contributed by atoms with van der Waals surface area (Å²) in [5.74, 6) is 0.346. The van der Waals surface area contributed by atoms with Gasteiger partial charge in [0.25, 0.3) is 11.5 Å². The molecule has 0 bridgehead atoms. The molecule has 1 amide bonds. The fraction of sp³-hybridized carbons (Fsp3) is 0.0952. The maximum absolute atomic E-state index is 13.0. The van der Waals surface area contributed by atoms with Crippen LogP contribution < -0.4 is 15.6 Å². The first kappa shape index (κ1) is 17.5. The van der Waals surface area contributed by atoms with Crippen molar-refractivity contribution in [1.82, 2.24) is 14.2 Å². The summed E-state index contributed by atoms with van der Waals surface area (Å²) in [5.41, 5.74) is 2.36. The minimum atomic E-state index is -0.350. The van der Waals surface area contributed by atoms with Crippen molar-refractivity contribution in [3.8, 4) is 11.4 Å². The zero-order valence-electron chi connectivity index (χ0n) is 15.4. The van der Waals surface area contributed by atoms with Gasteiger partial charge in [-0.1, -0.05) is 18.2 Å². The summed E-state index contributed by atoms with van der Waals surface area (Å²) in [7, 11) is 1.58. The topological polar surface area (TPSA) is 77.6 Å². The van der Waals surface area contributed by atoms with Gasteiger partial charge in [0.2, 0.25) is 0 Å². The second-order valence-electron chi connectivity index (χ2n) is 6.27. The zero-order chi connectivity index (χ0) is 19.7. The van der Waals surface area contributed by atoms with Gasteiger partial charge in [0, 0.05) is 23.5 Å². The number of carbonyl (C=O) groups is 1. The summed E-state index contributed by atoms with van der Waals surface area (Å²) in [6.45, 7) is 1.75. The Morgan fingerprint density at radius 3 is 2.43 bits per heavy atom. The van der Waals surface area contributed by atoms with Crippen LogP contribution in [0.5, 0.6) is 5.75 Å². The Hall–Kier alpha value is -3.87. The third-order valence-corrected chi connectivity index (χ3v) is 4.32. The van der Waals surface area contributed by atoms with Crippen LogP contribution in [0.1, 0.15) is 16.2 Å². The molecule has 0 unspecified atom stereocenters. The molecule has 0 radical (unpaired) electrons. The van der Waals surface area contributed by atoms with Crippen molar-refractivity contribution < 1.29 is 9.53 Å². The quantitative estimate of drug-likeness (QED) is 0.596. The number of carbonyl (C=O) groups excluding carboxylic acids is 1. The molecule has 1 N–H and O–H groups in total. The minimum Gasteiger partial charge on any atom is -0.497 e. The average molecular weight is 374 g/mol. The number of benzene rings is 2. The Morgan fingerprint density at radius 1 is 1.04 bits per heavy atom. The van der Waals surface area contributed by atoms with Crippen LogP contribution in [0.15, 0.2) is 71.5 Å². The molecule has 0 saturated heterocycles. The Bertz CT molecular complexity index is 1210. The highest BCUT2D eigenvalue weighted by molar-refractivity contribution is 6.04. The van der Waals surface area contributed by atoms with E-state index >= 15 is 0 Å². The molecule has 4 rings (SSSR count). The highest BCUT2D eigenvalue weighted by Gasteiger charge is 2.19. The second-order valence-corrected chi connectivity index (χ2v) is 6.27. The number of para-hydroxylation sites is 1. The van der Waals surface area contributed by atoms with Crippen LogP contribution in [0.4, 0.5) is 5.69 Å². The number of rotatable bonds is 4. The van der Waals surface area contributed by atoms with Crippen molar-refractivity contribution in [1.29, 1.82) is 0 Å². The van der Waals surface area contributed by atoms with E-state index in [1.54, 1.807) is 49.0 Å². The van der Waals surface area contributed by atoms with Crippen molar-refractivity contribution in [3.63, 3.8) is 0 Å². The van der Waals surface area contributed by atoms with Crippen molar-refractivity contribution in [2.45, 2.75) is 6.92 Å². The lowest BCUT2D eigenvalue weighted by Crippen LogP contribution is -2.24. The number of methoxy groups -OCH3 is 1. The first-order chi connectivity index (χ1) is 13.6.